The van der Waals surface area contributed by atoms with Crippen LogP contribution in [0.15, 0.2) is 58.1 Å². The molecule has 1 aromatic carbocycles. The molecule has 30 heavy (non-hydrogen) atoms. The van der Waals surface area contributed by atoms with E-state index >= 15 is 0 Å². The molecule has 8 nitrogen and oxygen atoms in total. The number of nitrogens with zero attached hydrogens (tertiary/aromatic N) is 1. The van der Waals surface area contributed by atoms with Gasteiger partial charge in [-0.2, -0.15) is 0 Å². The summed E-state index contributed by atoms with van der Waals surface area (Å²) in [6.07, 6.45) is 6.47. The first-order chi connectivity index (χ1) is 14.3. The predicted molar refractivity (Wildman–Crippen MR) is 116 cm³/mol. The Labute approximate surface area is 180 Å². The van der Waals surface area contributed by atoms with Crippen LogP contribution in [0.2, 0.25) is 0 Å². The van der Waals surface area contributed by atoms with E-state index in [1.54, 1.807) is 36.6 Å². The number of carboxylic acid groups (broad SMARTS) is 1. The third-order valence-corrected chi connectivity index (χ3v) is 5.39. The molecule has 0 spiro atoms. The number of amides is 2. The Morgan fingerprint density at radius 1 is 1.30 bits per heavy atom. The molecule has 2 amide bonds. The van der Waals surface area contributed by atoms with Crippen LogP contribution in [0, 0.1) is 0 Å². The Balaban J connectivity index is 1.59. The van der Waals surface area contributed by atoms with Crippen molar-refractivity contribution in [3.63, 3.8) is 0 Å². The van der Waals surface area contributed by atoms with Gasteiger partial charge < -0.3 is 19.9 Å². The van der Waals surface area contributed by atoms with Crippen molar-refractivity contribution in [1.82, 2.24) is 4.90 Å². The Bertz CT molecular complexity index is 1060. The van der Waals surface area contributed by atoms with Gasteiger partial charge in [-0.25, -0.2) is 4.79 Å². The molecule has 1 saturated heterocycles. The zero-order chi connectivity index (χ0) is 21.7. The van der Waals surface area contributed by atoms with Gasteiger partial charge in [0.25, 0.3) is 5.91 Å². The number of thioether (sulfide) groups is 1. The van der Waals surface area contributed by atoms with Crippen molar-refractivity contribution in [2.75, 3.05) is 11.9 Å². The first kappa shape index (κ1) is 21.3. The van der Waals surface area contributed by atoms with E-state index in [9.17, 15) is 24.6 Å². The van der Waals surface area contributed by atoms with Crippen molar-refractivity contribution >= 4 is 57.8 Å². The lowest BCUT2D eigenvalue weighted by molar-refractivity contribution is -0.122. The van der Waals surface area contributed by atoms with Crippen molar-refractivity contribution in [2.45, 2.75) is 6.42 Å². The highest BCUT2D eigenvalue weighted by Gasteiger charge is 2.31. The number of allylic oxidation sites excluding steroid dienone is 2. The third-order valence-electron chi connectivity index (χ3n) is 3.99. The van der Waals surface area contributed by atoms with E-state index in [1.807, 2.05) is 0 Å². The number of benzene rings is 1. The monoisotopic (exact) mass is 444 g/mol. The average Bonchev–Trinajstić information content (AvgIpc) is 3.30. The average molecular weight is 444 g/mol. The van der Waals surface area contributed by atoms with E-state index in [1.165, 1.54) is 17.0 Å². The zero-order valence-corrected chi connectivity index (χ0v) is 17.0. The number of phenols is 1. The standard InChI is InChI=1S/C20H16N2O6S2/c23-12-6-7-15(14(11-12)19(26)27)21-17(24)8-9-22-18(25)16(30-20(22)29)5-1-3-13-4-2-10-28-13/h1-7,10-11,23H,8-9H2,(H,21,24)(H,26,27)/b3-1+,16-5-. The molecule has 154 valence electrons. The van der Waals surface area contributed by atoms with Crippen molar-refractivity contribution in [1.29, 1.82) is 0 Å². The number of phenolic OH excluding ortho intramolecular Hbond substituents is 1. The van der Waals surface area contributed by atoms with E-state index in [2.05, 4.69) is 5.32 Å². The van der Waals surface area contributed by atoms with Crippen LogP contribution in [0.4, 0.5) is 5.69 Å². The molecule has 2 aromatic rings. The van der Waals surface area contributed by atoms with Crippen LogP contribution >= 0.6 is 24.0 Å². The van der Waals surface area contributed by atoms with Crippen LogP contribution in [-0.4, -0.2) is 43.8 Å². The summed E-state index contributed by atoms with van der Waals surface area (Å²) in [5, 5.41) is 21.1. The number of aromatic carboxylic acids is 1. The van der Waals surface area contributed by atoms with E-state index in [0.29, 0.717) is 15.0 Å². The van der Waals surface area contributed by atoms with Crippen LogP contribution < -0.4 is 5.32 Å². The van der Waals surface area contributed by atoms with E-state index < -0.39 is 11.9 Å². The fourth-order valence-corrected chi connectivity index (χ4v) is 3.83. The Kier molecular flexibility index (Phi) is 6.70. The Hall–Kier alpha value is -3.37. The SMILES string of the molecule is O=C(CCN1C(=O)/C(=C/C=C/c2ccco2)SC1=S)Nc1ccc(O)cc1C(=O)O. The molecule has 3 N–H and O–H groups in total. The van der Waals surface area contributed by atoms with Gasteiger partial charge in [0.2, 0.25) is 5.91 Å². The van der Waals surface area contributed by atoms with Gasteiger partial charge in [0, 0.05) is 13.0 Å². The Morgan fingerprint density at radius 2 is 2.10 bits per heavy atom. The highest BCUT2D eigenvalue weighted by Crippen LogP contribution is 2.31. The van der Waals surface area contributed by atoms with E-state index in [0.717, 1.165) is 17.8 Å². The second kappa shape index (κ2) is 9.42. The highest BCUT2D eigenvalue weighted by molar-refractivity contribution is 8.26. The third kappa shape index (κ3) is 5.16. The smallest absolute Gasteiger partial charge is 0.337 e. The summed E-state index contributed by atoms with van der Waals surface area (Å²) in [6.45, 7) is 0.0518. The largest absolute Gasteiger partial charge is 0.508 e. The number of carbonyl (C=O) groups is 3. The maximum atomic E-state index is 12.5. The number of anilines is 1. The summed E-state index contributed by atoms with van der Waals surface area (Å²) in [5.74, 6) is -1.66. The van der Waals surface area contributed by atoms with Crippen molar-refractivity contribution in [3.8, 4) is 5.75 Å². The molecular formula is C20H16N2O6S2. The molecular weight excluding hydrogens is 428 g/mol. The highest BCUT2D eigenvalue weighted by atomic mass is 32.2. The summed E-state index contributed by atoms with van der Waals surface area (Å²) in [7, 11) is 0. The lowest BCUT2D eigenvalue weighted by Crippen LogP contribution is -2.31. The number of nitrogens with one attached hydrogen (secondary N) is 1. The summed E-state index contributed by atoms with van der Waals surface area (Å²) < 4.78 is 5.51. The van der Waals surface area contributed by atoms with Crippen LogP contribution in [0.3, 0.4) is 0 Å². The minimum absolute atomic E-state index is 0.0518. The number of carboxylic acids is 1. The number of furan rings is 1. The molecule has 1 fully saturated rings. The number of hydrogen-bond acceptors (Lipinski definition) is 7. The molecule has 1 aromatic heterocycles. The molecule has 2 heterocycles. The molecule has 0 saturated carbocycles. The Morgan fingerprint density at radius 3 is 2.80 bits per heavy atom. The van der Waals surface area contributed by atoms with Gasteiger partial charge >= 0.3 is 5.97 Å². The molecule has 0 unspecified atom stereocenters. The van der Waals surface area contributed by atoms with Crippen molar-refractivity contribution < 1.29 is 29.0 Å². The zero-order valence-electron chi connectivity index (χ0n) is 15.4. The maximum Gasteiger partial charge on any atom is 0.337 e. The number of rotatable bonds is 7. The molecule has 0 aliphatic carbocycles. The quantitative estimate of drug-likeness (QED) is 0.337. The summed E-state index contributed by atoms with van der Waals surface area (Å²) >= 11 is 6.36. The van der Waals surface area contributed by atoms with E-state index in [4.69, 9.17) is 16.6 Å². The minimum atomic E-state index is -1.29. The van der Waals surface area contributed by atoms with Gasteiger partial charge in [-0.15, -0.1) is 0 Å². The number of hydrogen-bond donors (Lipinski definition) is 3. The molecule has 1 aliphatic rings. The summed E-state index contributed by atoms with van der Waals surface area (Å²) in [5.41, 5.74) is -0.182. The van der Waals surface area contributed by atoms with Crippen molar-refractivity contribution in [2.24, 2.45) is 0 Å². The summed E-state index contributed by atoms with van der Waals surface area (Å²) in [4.78, 5) is 37.8. The van der Waals surface area contributed by atoms with Gasteiger partial charge in [0.15, 0.2) is 0 Å². The van der Waals surface area contributed by atoms with Gasteiger partial charge in [0.05, 0.1) is 22.4 Å². The van der Waals surface area contributed by atoms with Gasteiger partial charge in [-0.1, -0.05) is 30.1 Å². The van der Waals surface area contributed by atoms with Gasteiger partial charge in [0.1, 0.15) is 15.8 Å². The van der Waals surface area contributed by atoms with Gasteiger partial charge in [-0.3, -0.25) is 14.5 Å². The lowest BCUT2D eigenvalue weighted by atomic mass is 10.1. The normalized spacial score (nSPS) is 15.3. The second-order valence-corrected chi connectivity index (χ2v) is 7.74. The minimum Gasteiger partial charge on any atom is -0.508 e. The van der Waals surface area contributed by atoms with Crippen molar-refractivity contribution in [3.05, 3.63) is 65.0 Å². The second-order valence-electron chi connectivity index (χ2n) is 6.06. The van der Waals surface area contributed by atoms with E-state index in [-0.39, 0.29) is 35.9 Å². The van der Waals surface area contributed by atoms with Gasteiger partial charge in [-0.05, 0) is 42.5 Å². The van der Waals surface area contributed by atoms with Crippen LogP contribution in [-0.2, 0) is 9.59 Å². The van der Waals surface area contributed by atoms with Crippen LogP contribution in [0.1, 0.15) is 22.5 Å². The molecule has 3 rings (SSSR count). The first-order valence-electron chi connectivity index (χ1n) is 8.67. The molecule has 0 radical (unpaired) electrons. The topological polar surface area (TPSA) is 120 Å². The maximum absolute atomic E-state index is 12.5. The molecule has 0 bridgehead atoms. The lowest BCUT2D eigenvalue weighted by Gasteiger charge is -2.14. The molecule has 10 heteroatoms. The number of carbonyl (C=O) groups excluding carboxylic acids is 2. The van der Waals surface area contributed by atoms with Crippen LogP contribution in [0.25, 0.3) is 6.08 Å². The molecule has 0 atom stereocenters. The predicted octanol–water partition coefficient (Wildman–Crippen LogP) is 3.47. The fourth-order valence-electron chi connectivity index (χ4n) is 2.57. The number of thiocarbonyl (C=S) groups is 1. The summed E-state index contributed by atoms with van der Waals surface area (Å²) in [6, 6.07) is 7.14. The van der Waals surface area contributed by atoms with Crippen LogP contribution in [0.5, 0.6) is 5.75 Å². The fraction of sp³-hybridized carbons (Fsp3) is 0.100. The first-order valence-corrected chi connectivity index (χ1v) is 9.89. The molecule has 1 aliphatic heterocycles. The number of aromatic hydroxyl groups is 1.